The molecule has 0 aromatic heterocycles. The van der Waals surface area contributed by atoms with Gasteiger partial charge in [0.1, 0.15) is 0 Å². The van der Waals surface area contributed by atoms with E-state index in [1.54, 1.807) is 0 Å². The van der Waals surface area contributed by atoms with Crippen LogP contribution in [0.3, 0.4) is 0 Å². The number of benzene rings is 1. The molecule has 0 aliphatic heterocycles. The SMILES string of the molecule is NCCc1[c-]cccc1.[Pd]. The normalized spacial score (nSPS) is 8.50. The van der Waals surface area contributed by atoms with Crippen molar-refractivity contribution >= 4 is 0 Å². The van der Waals surface area contributed by atoms with Crippen molar-refractivity contribution in [3.63, 3.8) is 0 Å². The zero-order valence-electron chi connectivity index (χ0n) is 5.62. The summed E-state index contributed by atoms with van der Waals surface area (Å²) in [6.45, 7) is 0.709. The Hall–Kier alpha value is -0.158. The monoisotopic (exact) mass is 226 g/mol. The molecule has 0 unspecified atom stereocenters. The van der Waals surface area contributed by atoms with Gasteiger partial charge in [-0.15, -0.1) is 0 Å². The van der Waals surface area contributed by atoms with E-state index >= 15 is 0 Å². The summed E-state index contributed by atoms with van der Waals surface area (Å²) in [5, 5.41) is 0. The molecule has 2 N–H and O–H groups in total. The van der Waals surface area contributed by atoms with Gasteiger partial charge in [0.2, 0.25) is 0 Å². The van der Waals surface area contributed by atoms with E-state index in [0.29, 0.717) is 6.54 Å². The molecule has 10 heavy (non-hydrogen) atoms. The van der Waals surface area contributed by atoms with Gasteiger partial charge in [0, 0.05) is 20.4 Å². The van der Waals surface area contributed by atoms with E-state index in [2.05, 4.69) is 6.07 Å². The first-order valence-corrected chi connectivity index (χ1v) is 3.09. The molecule has 1 rings (SSSR count). The van der Waals surface area contributed by atoms with Crippen LogP contribution in [-0.2, 0) is 26.8 Å². The van der Waals surface area contributed by atoms with Gasteiger partial charge in [0.25, 0.3) is 0 Å². The number of hydrogen-bond acceptors (Lipinski definition) is 1. The maximum atomic E-state index is 5.34. The van der Waals surface area contributed by atoms with Gasteiger partial charge in [0.05, 0.1) is 0 Å². The van der Waals surface area contributed by atoms with Crippen LogP contribution < -0.4 is 5.73 Å². The third-order valence-electron chi connectivity index (χ3n) is 1.19. The molecule has 0 saturated carbocycles. The van der Waals surface area contributed by atoms with Crippen molar-refractivity contribution in [1.82, 2.24) is 0 Å². The topological polar surface area (TPSA) is 26.0 Å². The minimum Gasteiger partial charge on any atom is -0.330 e. The maximum absolute atomic E-state index is 5.34. The molecular formula is C8H10NPd-. The molecular weight excluding hydrogens is 217 g/mol. The summed E-state index contributed by atoms with van der Waals surface area (Å²) in [5.41, 5.74) is 6.53. The van der Waals surface area contributed by atoms with E-state index in [1.807, 2.05) is 24.3 Å². The fourth-order valence-corrected chi connectivity index (χ4v) is 0.742. The van der Waals surface area contributed by atoms with Crippen LogP contribution in [0, 0.1) is 6.07 Å². The van der Waals surface area contributed by atoms with Crippen molar-refractivity contribution < 1.29 is 20.4 Å². The predicted molar refractivity (Wildman–Crippen MR) is 38.0 cm³/mol. The van der Waals surface area contributed by atoms with E-state index < -0.39 is 0 Å². The standard InChI is InChI=1S/C8H10N.Pd/c9-7-6-8-4-2-1-3-5-8;/h1-4H,6-7,9H2;/q-1;. The van der Waals surface area contributed by atoms with Crippen LogP contribution in [0.4, 0.5) is 0 Å². The Morgan fingerprint density at radius 3 is 2.70 bits per heavy atom. The molecule has 1 aromatic rings. The smallest absolute Gasteiger partial charge is 0 e. The second-order valence-corrected chi connectivity index (χ2v) is 1.93. The Bertz CT molecular complexity index is 162. The van der Waals surface area contributed by atoms with Crippen molar-refractivity contribution in [2.45, 2.75) is 6.42 Å². The van der Waals surface area contributed by atoms with E-state index in [4.69, 9.17) is 5.73 Å². The van der Waals surface area contributed by atoms with E-state index in [9.17, 15) is 0 Å². The first-order chi connectivity index (χ1) is 4.43. The van der Waals surface area contributed by atoms with Gasteiger partial charge < -0.3 is 5.73 Å². The van der Waals surface area contributed by atoms with Crippen molar-refractivity contribution in [2.24, 2.45) is 5.73 Å². The second kappa shape index (κ2) is 5.61. The van der Waals surface area contributed by atoms with Gasteiger partial charge in [0.15, 0.2) is 0 Å². The van der Waals surface area contributed by atoms with Gasteiger partial charge in [-0.25, -0.2) is 0 Å². The average molecular weight is 227 g/mol. The maximum Gasteiger partial charge on any atom is 0 e. The Morgan fingerprint density at radius 2 is 2.20 bits per heavy atom. The molecule has 0 fully saturated rings. The predicted octanol–water partition coefficient (Wildman–Crippen LogP) is 0.985. The molecule has 1 nitrogen and oxygen atoms in total. The van der Waals surface area contributed by atoms with Crippen molar-refractivity contribution in [3.8, 4) is 0 Å². The van der Waals surface area contributed by atoms with Crippen LogP contribution in [0.2, 0.25) is 0 Å². The quantitative estimate of drug-likeness (QED) is 0.591. The molecule has 0 bridgehead atoms. The minimum absolute atomic E-state index is 0. The average Bonchev–Trinajstić information content (AvgIpc) is 1.91. The summed E-state index contributed by atoms with van der Waals surface area (Å²) in [7, 11) is 0. The Morgan fingerprint density at radius 1 is 1.40 bits per heavy atom. The summed E-state index contributed by atoms with van der Waals surface area (Å²) >= 11 is 0. The summed E-state index contributed by atoms with van der Waals surface area (Å²) in [6, 6.07) is 11.0. The summed E-state index contributed by atoms with van der Waals surface area (Å²) in [6.07, 6.45) is 0.931. The fraction of sp³-hybridized carbons (Fsp3) is 0.250. The van der Waals surface area contributed by atoms with Gasteiger partial charge in [-0.3, -0.25) is 0 Å². The molecule has 0 amide bonds. The fourth-order valence-electron chi connectivity index (χ4n) is 0.742. The van der Waals surface area contributed by atoms with Crippen molar-refractivity contribution in [1.29, 1.82) is 0 Å². The zero-order valence-corrected chi connectivity index (χ0v) is 7.17. The van der Waals surface area contributed by atoms with Crippen LogP contribution in [0.25, 0.3) is 0 Å². The molecule has 0 spiro atoms. The third-order valence-corrected chi connectivity index (χ3v) is 1.19. The van der Waals surface area contributed by atoms with Crippen LogP contribution >= 0.6 is 0 Å². The molecule has 2 heteroatoms. The molecule has 0 aliphatic rings. The first kappa shape index (κ1) is 9.84. The van der Waals surface area contributed by atoms with E-state index in [0.717, 1.165) is 6.42 Å². The van der Waals surface area contributed by atoms with E-state index in [1.165, 1.54) is 5.56 Å². The number of hydrogen-bond donors (Lipinski definition) is 1. The van der Waals surface area contributed by atoms with Crippen LogP contribution in [0.5, 0.6) is 0 Å². The van der Waals surface area contributed by atoms with Crippen molar-refractivity contribution in [2.75, 3.05) is 6.54 Å². The zero-order chi connectivity index (χ0) is 6.53. The molecule has 0 atom stereocenters. The molecule has 0 heterocycles. The van der Waals surface area contributed by atoms with E-state index in [-0.39, 0.29) is 20.4 Å². The van der Waals surface area contributed by atoms with Gasteiger partial charge in [-0.05, 0) is 13.0 Å². The van der Waals surface area contributed by atoms with Crippen molar-refractivity contribution in [3.05, 3.63) is 35.9 Å². The summed E-state index contributed by atoms with van der Waals surface area (Å²) in [4.78, 5) is 0. The summed E-state index contributed by atoms with van der Waals surface area (Å²) in [5.74, 6) is 0. The number of nitrogens with two attached hydrogens (primary N) is 1. The Labute approximate surface area is 75.3 Å². The second-order valence-electron chi connectivity index (χ2n) is 1.93. The minimum atomic E-state index is 0. The molecule has 0 saturated heterocycles. The molecule has 58 valence electrons. The largest absolute Gasteiger partial charge is 0.330 e. The Balaban J connectivity index is 0.000000810. The van der Waals surface area contributed by atoms with Crippen LogP contribution in [-0.4, -0.2) is 6.54 Å². The van der Waals surface area contributed by atoms with Gasteiger partial charge in [-0.2, -0.15) is 35.9 Å². The molecule has 1 aromatic carbocycles. The molecule has 0 aliphatic carbocycles. The first-order valence-electron chi connectivity index (χ1n) is 3.09. The third kappa shape index (κ3) is 3.12. The Kier molecular flexibility index (Phi) is 5.53. The summed E-state index contributed by atoms with van der Waals surface area (Å²) < 4.78 is 0. The van der Waals surface area contributed by atoms with Crippen LogP contribution in [0.15, 0.2) is 24.3 Å². The number of rotatable bonds is 2. The molecule has 0 radical (unpaired) electrons. The van der Waals surface area contributed by atoms with Crippen LogP contribution in [0.1, 0.15) is 5.56 Å². The van der Waals surface area contributed by atoms with Gasteiger partial charge >= 0.3 is 0 Å². The van der Waals surface area contributed by atoms with Gasteiger partial charge in [-0.1, -0.05) is 0 Å².